The number of rotatable bonds is 2. The summed E-state index contributed by atoms with van der Waals surface area (Å²) >= 11 is 0. The number of hydrogen-bond acceptors (Lipinski definition) is 4. The smallest absolute Gasteiger partial charge is 0.130 e. The van der Waals surface area contributed by atoms with E-state index < -0.39 is 0 Å². The van der Waals surface area contributed by atoms with E-state index >= 15 is 0 Å². The van der Waals surface area contributed by atoms with Crippen molar-refractivity contribution in [2.45, 2.75) is 25.9 Å². The number of nitrogens with one attached hydrogen (secondary N) is 1. The molecule has 0 unspecified atom stereocenters. The zero-order chi connectivity index (χ0) is 14.6. The number of nitriles is 2. The summed E-state index contributed by atoms with van der Waals surface area (Å²) in [5.74, 6) is 0. The van der Waals surface area contributed by atoms with Crippen LogP contribution in [-0.4, -0.2) is 38.5 Å². The Morgan fingerprint density at radius 3 is 2.50 bits per heavy atom. The van der Waals surface area contributed by atoms with E-state index in [1.807, 2.05) is 12.1 Å². The maximum Gasteiger partial charge on any atom is 0.130 e. The minimum absolute atomic E-state index is 0.133. The molecule has 2 heterocycles. The third kappa shape index (κ3) is 3.46. The fourth-order valence-corrected chi connectivity index (χ4v) is 2.61. The van der Waals surface area contributed by atoms with E-state index in [4.69, 9.17) is 20.0 Å². The van der Waals surface area contributed by atoms with Crippen molar-refractivity contribution >= 4 is 0 Å². The van der Waals surface area contributed by atoms with Crippen molar-refractivity contribution in [3.05, 3.63) is 22.9 Å². The summed E-state index contributed by atoms with van der Waals surface area (Å²) in [7, 11) is 0. The van der Waals surface area contributed by atoms with Gasteiger partial charge in [-0.1, -0.05) is 0 Å². The Labute approximate surface area is 119 Å². The first-order chi connectivity index (χ1) is 9.55. The van der Waals surface area contributed by atoms with Crippen molar-refractivity contribution in [2.24, 2.45) is 0 Å². The van der Waals surface area contributed by atoms with E-state index in [2.05, 4.69) is 13.8 Å². The van der Waals surface area contributed by atoms with Gasteiger partial charge in [0, 0.05) is 5.57 Å². The molecule has 0 spiro atoms. The largest absolute Gasteiger partial charge is 0.370 e. The molecule has 0 aromatic heterocycles. The molecule has 2 aliphatic heterocycles. The summed E-state index contributed by atoms with van der Waals surface area (Å²) in [5.41, 5.74) is 2.16. The van der Waals surface area contributed by atoms with E-state index in [0.29, 0.717) is 6.61 Å². The second-order valence-electron chi connectivity index (χ2n) is 5.73. The van der Waals surface area contributed by atoms with Crippen LogP contribution in [0.5, 0.6) is 0 Å². The standard InChI is InChI=1S/C15H19N3O2/c1-15(2)8-14(18-3-5-19-6-4-18)13(11-20-15)7-12(9-16)10-17/h7H,3-6,8,11H2,1-2H3/p+1. The SMILES string of the molecule is CC1(C)CC([NH+]2CCOCC2)=C(C=C(C#N)C#N)CO1. The van der Waals surface area contributed by atoms with Gasteiger partial charge in [-0.2, -0.15) is 10.5 Å². The van der Waals surface area contributed by atoms with Crippen LogP contribution in [0.25, 0.3) is 0 Å². The molecular formula is C15H20N3O2+. The number of allylic oxidation sites excluding steroid dienone is 1. The van der Waals surface area contributed by atoms with Crippen molar-refractivity contribution in [3.8, 4) is 12.1 Å². The van der Waals surface area contributed by atoms with Gasteiger partial charge in [0.2, 0.25) is 0 Å². The molecule has 0 aliphatic carbocycles. The molecule has 1 fully saturated rings. The Morgan fingerprint density at radius 2 is 1.90 bits per heavy atom. The third-order valence-electron chi connectivity index (χ3n) is 3.69. The van der Waals surface area contributed by atoms with Crippen molar-refractivity contribution in [2.75, 3.05) is 32.9 Å². The van der Waals surface area contributed by atoms with Gasteiger partial charge in [-0.05, 0) is 19.9 Å². The average Bonchev–Trinajstić information content (AvgIpc) is 2.46. The summed E-state index contributed by atoms with van der Waals surface area (Å²) in [4.78, 5) is 1.38. The second kappa shape index (κ2) is 6.19. The quantitative estimate of drug-likeness (QED) is 0.737. The van der Waals surface area contributed by atoms with Crippen LogP contribution < -0.4 is 4.90 Å². The minimum Gasteiger partial charge on any atom is -0.370 e. The van der Waals surface area contributed by atoms with Crippen LogP contribution in [-0.2, 0) is 9.47 Å². The monoisotopic (exact) mass is 274 g/mol. The highest BCUT2D eigenvalue weighted by molar-refractivity contribution is 5.42. The number of hydrogen-bond donors (Lipinski definition) is 1. The first kappa shape index (κ1) is 14.7. The van der Waals surface area contributed by atoms with Gasteiger partial charge in [0.25, 0.3) is 0 Å². The van der Waals surface area contributed by atoms with Crippen LogP contribution in [0.3, 0.4) is 0 Å². The highest BCUT2D eigenvalue weighted by atomic mass is 16.5. The molecule has 1 saturated heterocycles. The first-order valence-electron chi connectivity index (χ1n) is 6.86. The van der Waals surface area contributed by atoms with E-state index in [0.717, 1.165) is 38.3 Å². The topological polar surface area (TPSA) is 70.5 Å². The molecule has 106 valence electrons. The molecule has 0 saturated carbocycles. The Kier molecular flexibility index (Phi) is 4.57. The molecule has 20 heavy (non-hydrogen) atoms. The lowest BCUT2D eigenvalue weighted by atomic mass is 9.94. The Balaban J connectivity index is 2.35. The fraction of sp³-hybridized carbons (Fsp3) is 0.600. The normalized spacial score (nSPS) is 22.8. The Hall–Kier alpha value is -1.66. The average molecular weight is 274 g/mol. The molecule has 5 heteroatoms. The number of morpholine rings is 1. The summed E-state index contributed by atoms with van der Waals surface area (Å²) < 4.78 is 11.2. The molecule has 0 atom stereocenters. The van der Waals surface area contributed by atoms with Crippen LogP contribution in [0.2, 0.25) is 0 Å². The van der Waals surface area contributed by atoms with Crippen LogP contribution in [0.15, 0.2) is 22.9 Å². The summed E-state index contributed by atoms with van der Waals surface area (Å²) in [6.45, 7) is 7.96. The lowest BCUT2D eigenvalue weighted by molar-refractivity contribution is -0.872. The fourth-order valence-electron chi connectivity index (χ4n) is 2.61. The molecular weight excluding hydrogens is 254 g/mol. The van der Waals surface area contributed by atoms with Crippen molar-refractivity contribution in [1.29, 1.82) is 10.5 Å². The van der Waals surface area contributed by atoms with Crippen LogP contribution in [0.4, 0.5) is 0 Å². The highest BCUT2D eigenvalue weighted by Gasteiger charge is 2.34. The van der Waals surface area contributed by atoms with Gasteiger partial charge in [0.1, 0.15) is 36.5 Å². The van der Waals surface area contributed by atoms with E-state index in [9.17, 15) is 0 Å². The zero-order valence-electron chi connectivity index (χ0n) is 12.0. The van der Waals surface area contributed by atoms with E-state index in [1.165, 1.54) is 10.6 Å². The van der Waals surface area contributed by atoms with Gasteiger partial charge < -0.3 is 14.4 Å². The van der Waals surface area contributed by atoms with Crippen LogP contribution >= 0.6 is 0 Å². The zero-order valence-corrected chi connectivity index (χ0v) is 12.0. The lowest BCUT2D eigenvalue weighted by Gasteiger charge is -2.36. The van der Waals surface area contributed by atoms with Gasteiger partial charge in [-0.25, -0.2) is 0 Å². The van der Waals surface area contributed by atoms with Gasteiger partial charge in [0.05, 0.1) is 31.8 Å². The van der Waals surface area contributed by atoms with Crippen LogP contribution in [0, 0.1) is 22.7 Å². The molecule has 0 radical (unpaired) electrons. The Morgan fingerprint density at radius 1 is 1.25 bits per heavy atom. The predicted octanol–water partition coefficient (Wildman–Crippen LogP) is 0.328. The number of ether oxygens (including phenoxy) is 2. The molecule has 2 rings (SSSR count). The van der Waals surface area contributed by atoms with E-state index in [1.54, 1.807) is 6.08 Å². The summed E-state index contributed by atoms with van der Waals surface area (Å²) in [6, 6.07) is 3.84. The van der Waals surface area contributed by atoms with Crippen molar-refractivity contribution < 1.29 is 14.4 Å². The maximum absolute atomic E-state index is 8.92. The molecule has 1 N–H and O–H groups in total. The molecule has 0 amide bonds. The molecule has 0 aromatic rings. The first-order valence-corrected chi connectivity index (χ1v) is 6.86. The van der Waals surface area contributed by atoms with Crippen LogP contribution in [0.1, 0.15) is 20.3 Å². The van der Waals surface area contributed by atoms with Gasteiger partial charge in [0.15, 0.2) is 0 Å². The van der Waals surface area contributed by atoms with Crippen molar-refractivity contribution in [3.63, 3.8) is 0 Å². The van der Waals surface area contributed by atoms with Gasteiger partial charge in [-0.15, -0.1) is 0 Å². The van der Waals surface area contributed by atoms with Crippen molar-refractivity contribution in [1.82, 2.24) is 0 Å². The molecule has 0 aromatic carbocycles. The molecule has 0 bridgehead atoms. The number of nitrogens with zero attached hydrogens (tertiary/aromatic N) is 2. The molecule has 5 nitrogen and oxygen atoms in total. The summed E-state index contributed by atoms with van der Waals surface area (Å²) in [6.07, 6.45) is 2.49. The molecule has 2 aliphatic rings. The number of quaternary nitrogens is 1. The predicted molar refractivity (Wildman–Crippen MR) is 72.5 cm³/mol. The van der Waals surface area contributed by atoms with E-state index in [-0.39, 0.29) is 11.2 Å². The minimum atomic E-state index is -0.197. The Bertz CT molecular complexity index is 498. The second-order valence-corrected chi connectivity index (χ2v) is 5.73. The van der Waals surface area contributed by atoms with Gasteiger partial charge >= 0.3 is 0 Å². The third-order valence-corrected chi connectivity index (χ3v) is 3.69. The summed E-state index contributed by atoms with van der Waals surface area (Å²) in [5, 5.41) is 17.8. The maximum atomic E-state index is 8.92. The lowest BCUT2D eigenvalue weighted by Crippen LogP contribution is -3.12. The van der Waals surface area contributed by atoms with Gasteiger partial charge in [-0.3, -0.25) is 0 Å². The highest BCUT2D eigenvalue weighted by Crippen LogP contribution is 2.27.